The molecule has 2 fully saturated rings. The van der Waals surface area contributed by atoms with Gasteiger partial charge in [0.25, 0.3) is 0 Å². The van der Waals surface area contributed by atoms with Gasteiger partial charge in [-0.3, -0.25) is 4.98 Å². The third kappa shape index (κ3) is 7.53. The number of carbonyl (C=O) groups excluding carboxylic acids is 1. The molecular weight excluding hydrogens is 611 g/mol. The minimum atomic E-state index is -0.866. The smallest absolute Gasteiger partial charge is 0.407 e. The Labute approximate surface area is 242 Å². The van der Waals surface area contributed by atoms with E-state index in [-0.39, 0.29) is 24.9 Å². The van der Waals surface area contributed by atoms with Crippen LogP contribution in [0.4, 0.5) is 4.79 Å². The fourth-order valence-corrected chi connectivity index (χ4v) is 5.41. The summed E-state index contributed by atoms with van der Waals surface area (Å²) in [5, 5.41) is 16.1. The molecule has 0 bridgehead atoms. The number of hydrazine groups is 1. The van der Waals surface area contributed by atoms with Crippen molar-refractivity contribution in [1.82, 2.24) is 18.9 Å². The molecule has 3 aromatic rings. The van der Waals surface area contributed by atoms with Crippen LogP contribution in [0.5, 0.6) is 0 Å². The Morgan fingerprint density at radius 2 is 1.87 bits per heavy atom. The number of nitrogens with one attached hydrogen (secondary N) is 2. The molecule has 0 spiro atoms. The number of benzene rings is 2. The summed E-state index contributed by atoms with van der Waals surface area (Å²) in [5.41, 5.74) is 4.05. The highest BCUT2D eigenvalue weighted by molar-refractivity contribution is 14.1. The van der Waals surface area contributed by atoms with E-state index in [2.05, 4.69) is 48.9 Å². The van der Waals surface area contributed by atoms with Gasteiger partial charge in [-0.25, -0.2) is 9.80 Å². The first kappa shape index (κ1) is 27.9. The summed E-state index contributed by atoms with van der Waals surface area (Å²) in [5.74, 6) is 0.0519. The second kappa shape index (κ2) is 13.6. The third-order valence-electron chi connectivity index (χ3n) is 7.12. The fourth-order valence-electron chi connectivity index (χ4n) is 5.04. The summed E-state index contributed by atoms with van der Waals surface area (Å²) in [6.07, 6.45) is 0.969. The van der Waals surface area contributed by atoms with Gasteiger partial charge in [0.15, 0.2) is 6.29 Å². The molecule has 0 unspecified atom stereocenters. The molecule has 9 nitrogen and oxygen atoms in total. The third-order valence-corrected chi connectivity index (χ3v) is 7.81. The van der Waals surface area contributed by atoms with Gasteiger partial charge in [0.05, 0.1) is 37.0 Å². The van der Waals surface area contributed by atoms with Crippen molar-refractivity contribution < 1.29 is 24.1 Å². The van der Waals surface area contributed by atoms with Gasteiger partial charge >= 0.3 is 6.09 Å². The summed E-state index contributed by atoms with van der Waals surface area (Å²) in [6.45, 7) is 1.78. The Bertz CT molecular complexity index is 1190. The van der Waals surface area contributed by atoms with Gasteiger partial charge in [-0.05, 0) is 36.1 Å². The molecular formula is C29H33IN4O5. The van der Waals surface area contributed by atoms with E-state index in [0.29, 0.717) is 26.2 Å². The fraction of sp³-hybridized carbons (Fsp3) is 0.379. The molecule has 2 aromatic carbocycles. The number of rotatable bonds is 11. The van der Waals surface area contributed by atoms with Crippen LogP contribution >= 0.6 is 22.9 Å². The minimum absolute atomic E-state index is 0.0519. The first-order chi connectivity index (χ1) is 19.1. The van der Waals surface area contributed by atoms with Crippen molar-refractivity contribution in [3.05, 3.63) is 90.1 Å². The number of aliphatic hydroxyl groups excluding tert-OH is 1. The molecule has 3 N–H and O–H groups in total. The predicted molar refractivity (Wildman–Crippen MR) is 154 cm³/mol. The molecule has 1 aromatic heterocycles. The number of fused-ring (bicyclic) bond motifs is 1. The highest BCUT2D eigenvalue weighted by Crippen LogP contribution is 2.33. The van der Waals surface area contributed by atoms with Crippen LogP contribution in [-0.4, -0.2) is 65.5 Å². The predicted octanol–water partition coefficient (Wildman–Crippen LogP) is 3.87. The quantitative estimate of drug-likeness (QED) is 0.164. The van der Waals surface area contributed by atoms with Gasteiger partial charge in [0.1, 0.15) is 6.10 Å². The second-order valence-corrected chi connectivity index (χ2v) is 10.3. The Morgan fingerprint density at radius 1 is 1.08 bits per heavy atom. The highest BCUT2D eigenvalue weighted by atomic mass is 127. The van der Waals surface area contributed by atoms with E-state index in [4.69, 9.17) is 14.2 Å². The van der Waals surface area contributed by atoms with Gasteiger partial charge in [0, 0.05) is 47.7 Å². The molecule has 206 valence electrons. The van der Waals surface area contributed by atoms with Crippen molar-refractivity contribution in [2.45, 2.75) is 43.9 Å². The molecule has 0 saturated carbocycles. The van der Waals surface area contributed by atoms with E-state index in [1.807, 2.05) is 65.7 Å². The Hall–Kier alpha value is -2.61. The van der Waals surface area contributed by atoms with E-state index >= 15 is 0 Å². The number of carbonyl (C=O) groups is 1. The lowest BCUT2D eigenvalue weighted by Crippen LogP contribution is -2.51. The molecule has 10 heteroatoms. The molecule has 0 radical (unpaired) electrons. The summed E-state index contributed by atoms with van der Waals surface area (Å²) in [6, 6.07) is 23.3. The first-order valence-corrected chi connectivity index (χ1v) is 14.2. The molecule has 39 heavy (non-hydrogen) atoms. The Balaban J connectivity index is 1.21. The number of aromatic nitrogens is 1. The molecule has 1 amide bonds. The number of halogens is 1. The molecule has 3 heterocycles. The number of aliphatic hydroxyl groups is 1. The molecule has 5 atom stereocenters. The van der Waals surface area contributed by atoms with E-state index in [0.717, 1.165) is 28.8 Å². The topological polar surface area (TPSA) is 105 Å². The lowest BCUT2D eigenvalue weighted by Gasteiger charge is -2.29. The molecule has 2 aliphatic heterocycles. The number of alkyl carbamates (subject to hydrolysis) is 1. The van der Waals surface area contributed by atoms with Crippen molar-refractivity contribution >= 4 is 29.0 Å². The molecule has 0 aliphatic carbocycles. The van der Waals surface area contributed by atoms with Crippen LogP contribution in [-0.2, 0) is 27.2 Å². The van der Waals surface area contributed by atoms with Crippen LogP contribution in [0.1, 0.15) is 17.5 Å². The van der Waals surface area contributed by atoms with E-state index in [1.165, 1.54) is 0 Å². The number of ether oxygens (including phenoxy) is 3. The van der Waals surface area contributed by atoms with Crippen LogP contribution in [0.3, 0.4) is 0 Å². The first-order valence-electron chi connectivity index (χ1n) is 13.1. The van der Waals surface area contributed by atoms with Gasteiger partial charge < -0.3 is 24.6 Å². The summed E-state index contributed by atoms with van der Waals surface area (Å²) in [7, 11) is 0. The zero-order chi connectivity index (χ0) is 27.0. The summed E-state index contributed by atoms with van der Waals surface area (Å²) < 4.78 is 20.0. The van der Waals surface area contributed by atoms with Crippen molar-refractivity contribution in [3.8, 4) is 11.3 Å². The van der Waals surface area contributed by atoms with Gasteiger partial charge in [0.2, 0.25) is 0 Å². The number of nitrogens with zero attached hydrogens (tertiary/aromatic N) is 2. The zero-order valence-corrected chi connectivity index (χ0v) is 23.6. The largest absolute Gasteiger partial charge is 0.443 e. The molecule has 2 aliphatic rings. The SMILES string of the molecule is O=C(N[C@@H](Cc1ccccc1)[C@@H](O)CN(Cc1ccc(-c2ccccn2)cc1)NI)O[C@H]1CO[C@H]2OCC[C@H]21. The van der Waals surface area contributed by atoms with Crippen LogP contribution in [0.15, 0.2) is 79.0 Å². The van der Waals surface area contributed by atoms with Crippen molar-refractivity contribution in [3.63, 3.8) is 0 Å². The van der Waals surface area contributed by atoms with Crippen molar-refractivity contribution in [2.24, 2.45) is 5.92 Å². The van der Waals surface area contributed by atoms with Crippen LogP contribution in [0, 0.1) is 5.92 Å². The van der Waals surface area contributed by atoms with Gasteiger partial charge in [-0.1, -0.05) is 60.7 Å². The minimum Gasteiger partial charge on any atom is -0.443 e. The van der Waals surface area contributed by atoms with Gasteiger partial charge in [-0.15, -0.1) is 0 Å². The van der Waals surface area contributed by atoms with E-state index in [9.17, 15) is 9.90 Å². The second-order valence-electron chi connectivity index (χ2n) is 9.85. The average Bonchev–Trinajstić information content (AvgIpc) is 3.59. The lowest BCUT2D eigenvalue weighted by atomic mass is 10.0. The maximum Gasteiger partial charge on any atom is 0.407 e. The van der Waals surface area contributed by atoms with E-state index < -0.39 is 18.2 Å². The Morgan fingerprint density at radius 3 is 2.62 bits per heavy atom. The number of pyridine rings is 1. The summed E-state index contributed by atoms with van der Waals surface area (Å²) >= 11 is 2.06. The van der Waals surface area contributed by atoms with Gasteiger partial charge in [-0.2, -0.15) is 3.64 Å². The standard InChI is InChI=1S/C29H33IN4O5/c30-33-34(17-21-9-11-22(12-10-21)24-8-4-5-14-31-24)18-26(35)25(16-20-6-2-1-3-7-20)32-29(36)39-27-19-38-28-23(27)13-15-37-28/h1-12,14,23,25-28,33,35H,13,15-19H2,(H,32,36)/t23-,25-,26-,27-,28+/m0/s1. The van der Waals surface area contributed by atoms with Crippen LogP contribution in [0.2, 0.25) is 0 Å². The van der Waals surface area contributed by atoms with Crippen LogP contribution in [0.25, 0.3) is 11.3 Å². The number of hydrogen-bond donors (Lipinski definition) is 3. The molecule has 2 saturated heterocycles. The number of hydrogen-bond acceptors (Lipinski definition) is 8. The van der Waals surface area contributed by atoms with Crippen molar-refractivity contribution in [2.75, 3.05) is 19.8 Å². The summed E-state index contributed by atoms with van der Waals surface area (Å²) in [4.78, 5) is 17.3. The van der Waals surface area contributed by atoms with E-state index in [1.54, 1.807) is 6.20 Å². The van der Waals surface area contributed by atoms with Crippen molar-refractivity contribution in [1.29, 1.82) is 0 Å². The monoisotopic (exact) mass is 644 g/mol. The number of amides is 1. The highest BCUT2D eigenvalue weighted by Gasteiger charge is 2.44. The maximum atomic E-state index is 12.9. The zero-order valence-electron chi connectivity index (χ0n) is 21.5. The average molecular weight is 645 g/mol. The normalized spacial score (nSPS) is 21.9. The maximum absolute atomic E-state index is 12.9. The lowest BCUT2D eigenvalue weighted by molar-refractivity contribution is -0.0907. The molecule has 5 rings (SSSR count). The Kier molecular flexibility index (Phi) is 9.77. The van der Waals surface area contributed by atoms with Crippen LogP contribution < -0.4 is 8.96 Å².